The van der Waals surface area contributed by atoms with E-state index >= 15 is 0 Å². The lowest BCUT2D eigenvalue weighted by Crippen LogP contribution is -2.06. The Bertz CT molecular complexity index is 2750. The Morgan fingerprint density at radius 2 is 1.04 bits per heavy atom. The van der Waals surface area contributed by atoms with Gasteiger partial charge >= 0.3 is 11.9 Å². The number of esters is 1. The number of hydrogen-bond acceptors (Lipinski definition) is 5. The number of rotatable bonds is 10. The number of ether oxygens (including phenoxy) is 1. The van der Waals surface area contributed by atoms with Crippen molar-refractivity contribution in [3.63, 3.8) is 0 Å². The average Bonchev–Trinajstić information content (AvgIpc) is 3.78. The molecular formula is C47H38Cl2N2O6. The maximum Gasteiger partial charge on any atom is 0.338 e. The van der Waals surface area contributed by atoms with Gasteiger partial charge in [0.1, 0.15) is 11.5 Å². The van der Waals surface area contributed by atoms with Gasteiger partial charge in [0, 0.05) is 46.6 Å². The molecule has 8 nitrogen and oxygen atoms in total. The zero-order chi connectivity index (χ0) is 40.1. The van der Waals surface area contributed by atoms with Crippen molar-refractivity contribution in [2.75, 3.05) is 7.11 Å². The van der Waals surface area contributed by atoms with E-state index in [-0.39, 0.29) is 23.0 Å². The van der Waals surface area contributed by atoms with Crippen LogP contribution in [0.25, 0.3) is 21.8 Å². The first-order valence-electron chi connectivity index (χ1n) is 18.1. The Kier molecular flexibility index (Phi) is 11.6. The summed E-state index contributed by atoms with van der Waals surface area (Å²) in [5.41, 5.74) is 8.71. The summed E-state index contributed by atoms with van der Waals surface area (Å²) in [4.78, 5) is 23.6. The molecule has 0 fully saturated rings. The number of aromatic nitrogens is 2. The molecule has 8 aromatic rings. The number of benzene rings is 6. The molecule has 0 bridgehead atoms. The molecule has 57 heavy (non-hydrogen) atoms. The number of aromatic hydroxyl groups is 2. The van der Waals surface area contributed by atoms with E-state index in [1.807, 2.05) is 60.9 Å². The molecule has 0 aliphatic rings. The second kappa shape index (κ2) is 17.1. The molecule has 2 heterocycles. The van der Waals surface area contributed by atoms with E-state index in [0.29, 0.717) is 41.5 Å². The van der Waals surface area contributed by atoms with Crippen LogP contribution in [0.15, 0.2) is 146 Å². The van der Waals surface area contributed by atoms with E-state index in [2.05, 4.69) is 39.5 Å². The first-order chi connectivity index (χ1) is 27.5. The SMILES string of the molecule is COC(=O)c1cc(Cl)ccc1Cc1ccc2c(ccn2Cc2cccc(O)c2)c1.O=C(O)c1cc(Cl)ccc1Cc1ccc2c(ccn2Cc2cccc(O)c2)c1. The minimum atomic E-state index is -0.976. The lowest BCUT2D eigenvalue weighted by Gasteiger charge is -2.10. The van der Waals surface area contributed by atoms with Crippen LogP contribution in [-0.2, 0) is 30.7 Å². The molecular weight excluding hydrogens is 759 g/mol. The highest BCUT2D eigenvalue weighted by Crippen LogP contribution is 2.26. The Morgan fingerprint density at radius 3 is 1.49 bits per heavy atom. The van der Waals surface area contributed by atoms with Gasteiger partial charge < -0.3 is 29.2 Å². The van der Waals surface area contributed by atoms with E-state index in [1.165, 1.54) is 13.2 Å². The number of nitrogens with zero attached hydrogens (tertiary/aromatic N) is 2. The van der Waals surface area contributed by atoms with Gasteiger partial charge in [-0.3, -0.25) is 0 Å². The molecule has 6 aromatic carbocycles. The molecule has 0 atom stereocenters. The Morgan fingerprint density at radius 1 is 0.561 bits per heavy atom. The maximum atomic E-state index is 12.1. The molecule has 10 heteroatoms. The molecule has 0 amide bonds. The Labute approximate surface area is 339 Å². The molecule has 0 aliphatic carbocycles. The van der Waals surface area contributed by atoms with Crippen LogP contribution in [0.4, 0.5) is 0 Å². The summed E-state index contributed by atoms with van der Waals surface area (Å²) in [6.45, 7) is 1.35. The van der Waals surface area contributed by atoms with E-state index in [9.17, 15) is 24.9 Å². The van der Waals surface area contributed by atoms with Crippen molar-refractivity contribution in [3.05, 3.63) is 200 Å². The monoisotopic (exact) mass is 796 g/mol. The largest absolute Gasteiger partial charge is 0.508 e. The highest BCUT2D eigenvalue weighted by molar-refractivity contribution is 6.31. The van der Waals surface area contributed by atoms with Crippen LogP contribution in [0, 0.1) is 0 Å². The summed E-state index contributed by atoms with van der Waals surface area (Å²) in [5, 5.41) is 31.9. The lowest BCUT2D eigenvalue weighted by atomic mass is 9.99. The number of phenolic OH excluding ortho intramolecular Hbond substituents is 2. The number of hydrogen-bond donors (Lipinski definition) is 3. The maximum absolute atomic E-state index is 12.1. The smallest absolute Gasteiger partial charge is 0.338 e. The predicted octanol–water partition coefficient (Wildman–Crippen LogP) is 10.8. The normalized spacial score (nSPS) is 11.0. The fourth-order valence-corrected chi connectivity index (χ4v) is 7.39. The van der Waals surface area contributed by atoms with Crippen molar-refractivity contribution in [1.29, 1.82) is 0 Å². The average molecular weight is 798 g/mol. The minimum absolute atomic E-state index is 0.231. The van der Waals surface area contributed by atoms with Crippen LogP contribution in [0.3, 0.4) is 0 Å². The number of carbonyl (C=O) groups is 2. The number of carboxylic acids is 1. The van der Waals surface area contributed by atoms with Crippen molar-refractivity contribution in [2.45, 2.75) is 25.9 Å². The van der Waals surface area contributed by atoms with Crippen molar-refractivity contribution < 1.29 is 29.6 Å². The number of aromatic carboxylic acids is 1. The molecule has 8 rings (SSSR count). The molecule has 0 radical (unpaired) electrons. The summed E-state index contributed by atoms with van der Waals surface area (Å²) in [6.07, 6.45) is 5.19. The van der Waals surface area contributed by atoms with Crippen LogP contribution in [-0.4, -0.2) is 43.5 Å². The fraction of sp³-hybridized carbons (Fsp3) is 0.106. The summed E-state index contributed by atoms with van der Waals surface area (Å²) in [7, 11) is 1.37. The third kappa shape index (κ3) is 9.32. The first kappa shape index (κ1) is 38.8. The standard InChI is InChI=1S/C24H20ClNO3.C23H18ClNO3/c1-29-24(28)22-14-20(25)7-6-18(22)11-16-5-8-23-19(12-16)9-10-26(23)15-17-3-2-4-21(27)13-17;24-19-6-5-17(21(13-19)23(27)28)10-15-4-7-22-18(11-15)8-9-25(22)14-16-2-1-3-20(26)12-16/h2-10,12-14,27H,11,15H2,1H3;1-9,11-13,26H,10,14H2,(H,27,28). The van der Waals surface area contributed by atoms with Gasteiger partial charge in [-0.2, -0.15) is 0 Å². The number of carbonyl (C=O) groups excluding carboxylic acids is 1. The molecule has 286 valence electrons. The zero-order valence-electron chi connectivity index (χ0n) is 30.9. The van der Waals surface area contributed by atoms with Crippen molar-refractivity contribution in [1.82, 2.24) is 9.13 Å². The van der Waals surface area contributed by atoms with Gasteiger partial charge in [0.05, 0.1) is 18.2 Å². The van der Waals surface area contributed by atoms with Gasteiger partial charge in [-0.05, 0) is 142 Å². The van der Waals surface area contributed by atoms with Crippen molar-refractivity contribution in [2.24, 2.45) is 0 Å². The molecule has 0 saturated heterocycles. The second-order valence-electron chi connectivity index (χ2n) is 13.8. The van der Waals surface area contributed by atoms with Gasteiger partial charge in [0.15, 0.2) is 0 Å². The predicted molar refractivity (Wildman–Crippen MR) is 225 cm³/mol. The summed E-state index contributed by atoms with van der Waals surface area (Å²) < 4.78 is 9.16. The molecule has 0 spiro atoms. The molecule has 0 saturated carbocycles. The van der Waals surface area contributed by atoms with Crippen LogP contribution in [0.5, 0.6) is 11.5 Å². The Balaban J connectivity index is 0.000000174. The number of phenols is 2. The fourth-order valence-electron chi connectivity index (χ4n) is 7.04. The highest BCUT2D eigenvalue weighted by atomic mass is 35.5. The molecule has 0 unspecified atom stereocenters. The third-order valence-electron chi connectivity index (χ3n) is 9.77. The van der Waals surface area contributed by atoms with Crippen LogP contribution in [0.1, 0.15) is 54.1 Å². The number of halogens is 2. The molecule has 0 aliphatic heterocycles. The first-order valence-corrected chi connectivity index (χ1v) is 18.9. The molecule has 2 aromatic heterocycles. The van der Waals surface area contributed by atoms with E-state index in [0.717, 1.165) is 55.2 Å². The van der Waals surface area contributed by atoms with Crippen molar-refractivity contribution in [3.8, 4) is 11.5 Å². The number of fused-ring (bicyclic) bond motifs is 2. The topological polar surface area (TPSA) is 114 Å². The summed E-state index contributed by atoms with van der Waals surface area (Å²) in [5.74, 6) is -0.837. The molecule has 3 N–H and O–H groups in total. The van der Waals surface area contributed by atoms with Gasteiger partial charge in [-0.15, -0.1) is 0 Å². The van der Waals surface area contributed by atoms with Crippen LogP contribution >= 0.6 is 23.2 Å². The summed E-state index contributed by atoms with van der Waals surface area (Å²) >= 11 is 12.0. The van der Waals surface area contributed by atoms with Crippen LogP contribution < -0.4 is 0 Å². The summed E-state index contributed by atoms with van der Waals surface area (Å²) in [6, 6.07) is 41.3. The van der Waals surface area contributed by atoms with E-state index < -0.39 is 5.97 Å². The quantitative estimate of drug-likeness (QED) is 0.119. The second-order valence-corrected chi connectivity index (χ2v) is 14.6. The van der Waals surface area contributed by atoms with Crippen molar-refractivity contribution >= 4 is 56.9 Å². The van der Waals surface area contributed by atoms with Gasteiger partial charge in [0.25, 0.3) is 0 Å². The lowest BCUT2D eigenvalue weighted by molar-refractivity contribution is 0.0598. The van der Waals surface area contributed by atoms with Gasteiger partial charge in [-0.25, -0.2) is 9.59 Å². The van der Waals surface area contributed by atoms with E-state index in [4.69, 9.17) is 27.9 Å². The third-order valence-corrected chi connectivity index (χ3v) is 10.2. The highest BCUT2D eigenvalue weighted by Gasteiger charge is 2.15. The Hall–Kier alpha value is -6.48. The zero-order valence-corrected chi connectivity index (χ0v) is 32.4. The van der Waals surface area contributed by atoms with Crippen LogP contribution in [0.2, 0.25) is 10.0 Å². The number of methoxy groups -OCH3 is 1. The van der Waals surface area contributed by atoms with E-state index in [1.54, 1.807) is 48.5 Å². The minimum Gasteiger partial charge on any atom is -0.508 e. The number of carboxylic acid groups (broad SMARTS) is 1. The van der Waals surface area contributed by atoms with Gasteiger partial charge in [-0.1, -0.05) is 71.7 Å². The van der Waals surface area contributed by atoms with Gasteiger partial charge in [0.2, 0.25) is 0 Å².